The van der Waals surface area contributed by atoms with Gasteiger partial charge in [-0.05, 0) is 125 Å². The highest BCUT2D eigenvalue weighted by molar-refractivity contribution is 9.15. The van der Waals surface area contributed by atoms with E-state index in [-0.39, 0.29) is 0 Å². The Bertz CT molecular complexity index is 620. The molecule has 0 fully saturated rings. The van der Waals surface area contributed by atoms with E-state index in [0.717, 1.165) is 38.0 Å². The van der Waals surface area contributed by atoms with Crippen LogP contribution in [-0.4, -0.2) is 0 Å². The highest BCUT2D eigenvalue weighted by Crippen LogP contribution is 2.43. The molecule has 0 nitrogen and oxygen atoms in total. The van der Waals surface area contributed by atoms with Gasteiger partial charge in [-0.1, -0.05) is 6.07 Å². The first-order valence-corrected chi connectivity index (χ1v) is 9.46. The van der Waals surface area contributed by atoms with Gasteiger partial charge in [-0.3, -0.25) is 0 Å². The summed E-state index contributed by atoms with van der Waals surface area (Å²) in [6, 6.07) is 8.25. The molecule has 0 N–H and O–H groups in total. The SMILES string of the molecule is Brc1ccc(-c2cc(Br)c(Br)c(Br)c2Br)cc1Br. The van der Waals surface area contributed by atoms with Crippen molar-refractivity contribution in [2.24, 2.45) is 0 Å². The topological polar surface area (TPSA) is 0 Å². The minimum atomic E-state index is 0.992. The van der Waals surface area contributed by atoms with Crippen LogP contribution >= 0.6 is 95.6 Å². The molecule has 0 saturated carbocycles. The average molecular weight is 628 g/mol. The van der Waals surface area contributed by atoms with Gasteiger partial charge in [0.1, 0.15) is 0 Å². The van der Waals surface area contributed by atoms with Gasteiger partial charge in [0.25, 0.3) is 0 Å². The van der Waals surface area contributed by atoms with E-state index in [0.29, 0.717) is 0 Å². The molecule has 6 heteroatoms. The molecule has 94 valence electrons. The zero-order valence-corrected chi connectivity index (χ0v) is 18.1. The first-order chi connectivity index (χ1) is 8.41. The van der Waals surface area contributed by atoms with E-state index in [2.05, 4.69) is 114 Å². The van der Waals surface area contributed by atoms with E-state index in [1.807, 2.05) is 6.07 Å². The quantitative estimate of drug-likeness (QED) is 0.223. The fourth-order valence-electron chi connectivity index (χ4n) is 1.45. The molecule has 0 saturated heterocycles. The maximum atomic E-state index is 3.62. The first-order valence-electron chi connectivity index (χ1n) is 4.70. The van der Waals surface area contributed by atoms with Crippen molar-refractivity contribution >= 4 is 95.6 Å². The summed E-state index contributed by atoms with van der Waals surface area (Å²) < 4.78 is 6.08. The van der Waals surface area contributed by atoms with Crippen molar-refractivity contribution in [2.45, 2.75) is 0 Å². The summed E-state index contributed by atoms with van der Waals surface area (Å²) in [6.07, 6.45) is 0. The van der Waals surface area contributed by atoms with Gasteiger partial charge in [0.15, 0.2) is 0 Å². The lowest BCUT2D eigenvalue weighted by molar-refractivity contribution is 1.47. The molecule has 0 unspecified atom stereocenters. The molecule has 2 aromatic rings. The van der Waals surface area contributed by atoms with Crippen LogP contribution in [0.3, 0.4) is 0 Å². The Kier molecular flexibility index (Phi) is 5.58. The van der Waals surface area contributed by atoms with Crippen LogP contribution in [0.15, 0.2) is 51.1 Å². The third-order valence-electron chi connectivity index (χ3n) is 2.33. The number of halogens is 6. The predicted molar refractivity (Wildman–Crippen MR) is 98.1 cm³/mol. The fraction of sp³-hybridized carbons (Fsp3) is 0. The lowest BCUT2D eigenvalue weighted by Crippen LogP contribution is -1.85. The molecular formula is C12H4Br6. The Morgan fingerprint density at radius 1 is 0.556 bits per heavy atom. The zero-order valence-electron chi connectivity index (χ0n) is 8.58. The van der Waals surface area contributed by atoms with Gasteiger partial charge in [0.05, 0.1) is 0 Å². The van der Waals surface area contributed by atoms with Gasteiger partial charge in [-0.2, -0.15) is 0 Å². The Hall–Kier alpha value is 1.32. The van der Waals surface area contributed by atoms with Crippen molar-refractivity contribution in [1.82, 2.24) is 0 Å². The van der Waals surface area contributed by atoms with Crippen LogP contribution in [-0.2, 0) is 0 Å². The summed E-state index contributed by atoms with van der Waals surface area (Å²) in [6.45, 7) is 0. The molecule has 0 amide bonds. The Balaban J connectivity index is 2.67. The van der Waals surface area contributed by atoms with E-state index in [4.69, 9.17) is 0 Å². The molecule has 0 aliphatic rings. The first kappa shape index (κ1) is 15.7. The number of benzene rings is 2. The molecule has 18 heavy (non-hydrogen) atoms. The van der Waals surface area contributed by atoms with Gasteiger partial charge >= 0.3 is 0 Å². The highest BCUT2D eigenvalue weighted by Gasteiger charge is 2.13. The summed E-state index contributed by atoms with van der Waals surface area (Å²) >= 11 is 21.3. The minimum Gasteiger partial charge on any atom is -0.0531 e. The van der Waals surface area contributed by atoms with Crippen molar-refractivity contribution in [3.05, 3.63) is 51.1 Å². The molecule has 2 aromatic carbocycles. The fourth-order valence-corrected chi connectivity index (χ4v) is 4.31. The van der Waals surface area contributed by atoms with E-state index in [1.54, 1.807) is 0 Å². The highest BCUT2D eigenvalue weighted by atomic mass is 79.9. The number of hydrogen-bond acceptors (Lipinski definition) is 0. The summed E-state index contributed by atoms with van der Waals surface area (Å²) in [5.41, 5.74) is 2.25. The lowest BCUT2D eigenvalue weighted by Gasteiger charge is -2.11. The monoisotopic (exact) mass is 622 g/mol. The second-order valence-electron chi connectivity index (χ2n) is 3.48. The van der Waals surface area contributed by atoms with Gasteiger partial charge in [0, 0.05) is 26.8 Å². The Labute approximate surface area is 156 Å². The van der Waals surface area contributed by atoms with E-state index < -0.39 is 0 Å². The van der Waals surface area contributed by atoms with Crippen LogP contribution < -0.4 is 0 Å². The number of hydrogen-bond donors (Lipinski definition) is 0. The van der Waals surface area contributed by atoms with E-state index in [9.17, 15) is 0 Å². The summed E-state index contributed by atoms with van der Waals surface area (Å²) in [7, 11) is 0. The Morgan fingerprint density at radius 2 is 1.22 bits per heavy atom. The predicted octanol–water partition coefficient (Wildman–Crippen LogP) is 7.93. The minimum absolute atomic E-state index is 0.992. The molecule has 0 spiro atoms. The van der Waals surface area contributed by atoms with Gasteiger partial charge in [-0.25, -0.2) is 0 Å². The zero-order chi connectivity index (χ0) is 13.4. The lowest BCUT2D eigenvalue weighted by atomic mass is 10.1. The maximum Gasteiger partial charge on any atom is 0.0477 e. The van der Waals surface area contributed by atoms with Gasteiger partial charge < -0.3 is 0 Å². The molecule has 0 radical (unpaired) electrons. The van der Waals surface area contributed by atoms with Crippen LogP contribution in [0.4, 0.5) is 0 Å². The van der Waals surface area contributed by atoms with Crippen LogP contribution in [0.5, 0.6) is 0 Å². The third-order valence-corrected chi connectivity index (χ3v) is 8.87. The van der Waals surface area contributed by atoms with Crippen LogP contribution in [0.25, 0.3) is 11.1 Å². The van der Waals surface area contributed by atoms with Gasteiger partial charge in [0.2, 0.25) is 0 Å². The standard InChI is InChI=1S/C12H4Br6/c13-7-2-1-5(3-8(7)14)6-4-9(15)11(17)12(18)10(6)16/h1-4H. The third kappa shape index (κ3) is 3.14. The number of rotatable bonds is 1. The second-order valence-corrected chi connectivity index (χ2v) is 8.42. The maximum absolute atomic E-state index is 3.62. The van der Waals surface area contributed by atoms with Crippen molar-refractivity contribution in [1.29, 1.82) is 0 Å². The van der Waals surface area contributed by atoms with E-state index in [1.165, 1.54) is 0 Å². The van der Waals surface area contributed by atoms with Crippen molar-refractivity contribution in [3.8, 4) is 11.1 Å². The van der Waals surface area contributed by atoms with Gasteiger partial charge in [-0.15, -0.1) is 0 Å². The molecular weight excluding hydrogens is 624 g/mol. The summed E-state index contributed by atoms with van der Waals surface area (Å²) in [5, 5.41) is 0. The molecule has 0 atom stereocenters. The molecule has 0 bridgehead atoms. The van der Waals surface area contributed by atoms with Crippen molar-refractivity contribution in [2.75, 3.05) is 0 Å². The normalized spacial score (nSPS) is 10.8. The molecule has 0 heterocycles. The van der Waals surface area contributed by atoms with E-state index >= 15 is 0 Å². The van der Waals surface area contributed by atoms with Crippen molar-refractivity contribution in [3.63, 3.8) is 0 Å². The summed E-state index contributed by atoms with van der Waals surface area (Å²) in [5.74, 6) is 0. The van der Waals surface area contributed by atoms with Crippen LogP contribution in [0, 0.1) is 0 Å². The smallest absolute Gasteiger partial charge is 0.0477 e. The van der Waals surface area contributed by atoms with Crippen LogP contribution in [0.1, 0.15) is 0 Å². The van der Waals surface area contributed by atoms with Crippen molar-refractivity contribution < 1.29 is 0 Å². The Morgan fingerprint density at radius 3 is 1.83 bits per heavy atom. The molecule has 0 aromatic heterocycles. The molecule has 0 aliphatic heterocycles. The van der Waals surface area contributed by atoms with Crippen LogP contribution in [0.2, 0.25) is 0 Å². The largest absolute Gasteiger partial charge is 0.0531 e. The second kappa shape index (κ2) is 6.39. The average Bonchev–Trinajstić information content (AvgIpc) is 2.35. The summed E-state index contributed by atoms with van der Waals surface area (Å²) in [4.78, 5) is 0. The molecule has 2 rings (SSSR count). The molecule has 0 aliphatic carbocycles.